The van der Waals surface area contributed by atoms with Crippen molar-refractivity contribution in [3.05, 3.63) is 29.3 Å². The summed E-state index contributed by atoms with van der Waals surface area (Å²) in [7, 11) is 4.03. The molecule has 2 N–H and O–H groups in total. The van der Waals surface area contributed by atoms with E-state index in [1.165, 1.54) is 0 Å². The van der Waals surface area contributed by atoms with Crippen LogP contribution >= 0.6 is 0 Å². The molecule has 1 unspecified atom stereocenters. The van der Waals surface area contributed by atoms with Crippen molar-refractivity contribution in [2.75, 3.05) is 27.3 Å². The molecule has 0 aliphatic heterocycles. The number of hydrogen-bond acceptors (Lipinski definition) is 5. The molecule has 0 spiro atoms. The number of rotatable bonds is 9. The number of nitrogens with two attached hydrogens (primary N) is 1. The van der Waals surface area contributed by atoms with Gasteiger partial charge in [0, 0.05) is 12.1 Å². The first-order valence-corrected chi connectivity index (χ1v) is 7.79. The van der Waals surface area contributed by atoms with Gasteiger partial charge in [-0.05, 0) is 45.5 Å². The Morgan fingerprint density at radius 3 is 2.64 bits per heavy atom. The third-order valence-corrected chi connectivity index (χ3v) is 3.12. The Morgan fingerprint density at radius 1 is 1.32 bits per heavy atom. The summed E-state index contributed by atoms with van der Waals surface area (Å²) in [6, 6.07) is 5.35. The van der Waals surface area contributed by atoms with E-state index >= 15 is 0 Å². The highest BCUT2D eigenvalue weighted by atomic mass is 16.5. The minimum atomic E-state index is -0.630. The van der Waals surface area contributed by atoms with Crippen LogP contribution in [0.2, 0.25) is 0 Å². The number of nitrogens with zero attached hydrogens (tertiary/aromatic N) is 1. The lowest BCUT2D eigenvalue weighted by molar-refractivity contribution is -0.144. The van der Waals surface area contributed by atoms with Crippen LogP contribution in [-0.2, 0) is 22.5 Å². The molecule has 5 nitrogen and oxygen atoms in total. The van der Waals surface area contributed by atoms with Gasteiger partial charge in [0.1, 0.15) is 11.8 Å². The fourth-order valence-electron chi connectivity index (χ4n) is 2.16. The molecule has 1 rings (SSSR count). The molecule has 5 heteroatoms. The molecule has 1 aromatic rings. The first kappa shape index (κ1) is 18.5. The molecule has 0 bridgehead atoms. The van der Waals surface area contributed by atoms with E-state index < -0.39 is 6.04 Å². The second kappa shape index (κ2) is 9.43. The summed E-state index contributed by atoms with van der Waals surface area (Å²) in [5, 5.41) is 0. The Hall–Kier alpha value is -1.59. The summed E-state index contributed by atoms with van der Waals surface area (Å²) in [5.74, 6) is 0.534. The van der Waals surface area contributed by atoms with Crippen LogP contribution < -0.4 is 10.5 Å². The lowest BCUT2D eigenvalue weighted by atomic mass is 10.0. The number of benzene rings is 1. The van der Waals surface area contributed by atoms with Gasteiger partial charge in [-0.15, -0.1) is 0 Å². The molecule has 0 radical (unpaired) electrons. The van der Waals surface area contributed by atoms with Crippen molar-refractivity contribution in [2.45, 2.75) is 39.3 Å². The molecule has 0 heterocycles. The van der Waals surface area contributed by atoms with Crippen molar-refractivity contribution in [1.82, 2.24) is 4.90 Å². The largest absolute Gasteiger partial charge is 0.493 e. The molecule has 0 fully saturated rings. The van der Waals surface area contributed by atoms with E-state index in [2.05, 4.69) is 17.9 Å². The van der Waals surface area contributed by atoms with E-state index in [9.17, 15) is 4.79 Å². The third kappa shape index (κ3) is 6.03. The van der Waals surface area contributed by atoms with E-state index in [1.54, 1.807) is 6.92 Å². The summed E-state index contributed by atoms with van der Waals surface area (Å²) in [6.07, 6.45) is 1.43. The van der Waals surface area contributed by atoms with Crippen LogP contribution in [0.4, 0.5) is 0 Å². The second-order valence-electron chi connectivity index (χ2n) is 5.59. The molecule has 0 amide bonds. The smallest absolute Gasteiger partial charge is 0.323 e. The van der Waals surface area contributed by atoms with Crippen LogP contribution in [0.15, 0.2) is 18.2 Å². The predicted octanol–water partition coefficient (Wildman–Crippen LogP) is 1.97. The molecule has 124 valence electrons. The number of esters is 1. The van der Waals surface area contributed by atoms with Gasteiger partial charge >= 0.3 is 5.97 Å². The van der Waals surface area contributed by atoms with Gasteiger partial charge in [-0.25, -0.2) is 0 Å². The van der Waals surface area contributed by atoms with Gasteiger partial charge in [-0.1, -0.05) is 19.1 Å². The summed E-state index contributed by atoms with van der Waals surface area (Å²) < 4.78 is 10.7. The average Bonchev–Trinajstić information content (AvgIpc) is 2.46. The van der Waals surface area contributed by atoms with Crippen LogP contribution in [-0.4, -0.2) is 44.2 Å². The molecule has 1 aromatic carbocycles. The van der Waals surface area contributed by atoms with Gasteiger partial charge in [-0.3, -0.25) is 4.79 Å². The van der Waals surface area contributed by atoms with Gasteiger partial charge < -0.3 is 20.1 Å². The predicted molar refractivity (Wildman–Crippen MR) is 87.9 cm³/mol. The molecular weight excluding hydrogens is 280 g/mol. The van der Waals surface area contributed by atoms with Crippen molar-refractivity contribution in [3.8, 4) is 5.75 Å². The molecular formula is C17H28N2O3. The van der Waals surface area contributed by atoms with Crippen molar-refractivity contribution in [3.63, 3.8) is 0 Å². The third-order valence-electron chi connectivity index (χ3n) is 3.12. The topological polar surface area (TPSA) is 64.8 Å². The number of carbonyl (C=O) groups excluding carboxylic acids is 1. The Bertz CT molecular complexity index is 475. The number of ether oxygens (including phenoxy) is 2. The molecule has 0 aromatic heterocycles. The van der Waals surface area contributed by atoms with Gasteiger partial charge in [0.25, 0.3) is 0 Å². The standard InChI is InChI=1S/C17H28N2O3/c1-5-9-22-16-8-7-13(10-14(16)12-19(3)4)11-15(18)17(20)21-6-2/h7-8,10,15H,5-6,9,11-12,18H2,1-4H3. The zero-order valence-corrected chi connectivity index (χ0v) is 14.1. The van der Waals surface area contributed by atoms with Gasteiger partial charge in [0.15, 0.2) is 0 Å². The van der Waals surface area contributed by atoms with Crippen molar-refractivity contribution >= 4 is 5.97 Å². The van der Waals surface area contributed by atoms with Crippen LogP contribution in [0.25, 0.3) is 0 Å². The summed E-state index contributed by atoms with van der Waals surface area (Å²) in [4.78, 5) is 13.7. The molecule has 1 atom stereocenters. The van der Waals surface area contributed by atoms with Crippen molar-refractivity contribution in [1.29, 1.82) is 0 Å². The molecule has 22 heavy (non-hydrogen) atoms. The number of hydrogen-bond donors (Lipinski definition) is 1. The second-order valence-corrected chi connectivity index (χ2v) is 5.59. The lowest BCUT2D eigenvalue weighted by Gasteiger charge is -2.17. The minimum Gasteiger partial charge on any atom is -0.493 e. The monoisotopic (exact) mass is 308 g/mol. The van der Waals surface area contributed by atoms with Crippen molar-refractivity contribution < 1.29 is 14.3 Å². The Morgan fingerprint density at radius 2 is 2.05 bits per heavy atom. The van der Waals surface area contributed by atoms with E-state index in [0.29, 0.717) is 19.6 Å². The maximum Gasteiger partial charge on any atom is 0.323 e. The first-order chi connectivity index (χ1) is 10.5. The fraction of sp³-hybridized carbons (Fsp3) is 0.588. The zero-order valence-electron chi connectivity index (χ0n) is 14.1. The molecule has 0 aliphatic rings. The highest BCUT2D eigenvalue weighted by Gasteiger charge is 2.16. The zero-order chi connectivity index (χ0) is 16.5. The van der Waals surface area contributed by atoms with E-state index in [-0.39, 0.29) is 5.97 Å². The van der Waals surface area contributed by atoms with E-state index in [1.807, 2.05) is 26.2 Å². The summed E-state index contributed by atoms with van der Waals surface area (Å²) in [5.41, 5.74) is 8.01. The van der Waals surface area contributed by atoms with E-state index in [0.717, 1.165) is 29.8 Å². The van der Waals surface area contributed by atoms with Crippen LogP contribution in [0.1, 0.15) is 31.4 Å². The van der Waals surface area contributed by atoms with Gasteiger partial charge in [0.05, 0.1) is 13.2 Å². The Labute approximate surface area is 133 Å². The first-order valence-electron chi connectivity index (χ1n) is 7.79. The highest BCUT2D eigenvalue weighted by Crippen LogP contribution is 2.22. The summed E-state index contributed by atoms with van der Waals surface area (Å²) >= 11 is 0. The SMILES string of the molecule is CCCOc1ccc(CC(N)C(=O)OCC)cc1CN(C)C. The molecule has 0 aliphatic carbocycles. The van der Waals surface area contributed by atoms with Crippen LogP contribution in [0.5, 0.6) is 5.75 Å². The minimum absolute atomic E-state index is 0.349. The van der Waals surface area contributed by atoms with Gasteiger partial charge in [-0.2, -0.15) is 0 Å². The quantitative estimate of drug-likeness (QED) is 0.707. The Kier molecular flexibility index (Phi) is 7.91. The lowest BCUT2D eigenvalue weighted by Crippen LogP contribution is -2.34. The average molecular weight is 308 g/mol. The maximum atomic E-state index is 11.6. The fourth-order valence-corrected chi connectivity index (χ4v) is 2.16. The highest BCUT2D eigenvalue weighted by molar-refractivity contribution is 5.75. The van der Waals surface area contributed by atoms with Crippen LogP contribution in [0.3, 0.4) is 0 Å². The van der Waals surface area contributed by atoms with Crippen molar-refractivity contribution in [2.24, 2.45) is 5.73 Å². The Balaban J connectivity index is 2.85. The summed E-state index contributed by atoms with van der Waals surface area (Å²) in [6.45, 7) is 5.68. The van der Waals surface area contributed by atoms with Gasteiger partial charge in [0.2, 0.25) is 0 Å². The molecule has 0 saturated heterocycles. The van der Waals surface area contributed by atoms with E-state index in [4.69, 9.17) is 15.2 Å². The van der Waals surface area contributed by atoms with Crippen LogP contribution in [0, 0.1) is 0 Å². The molecule has 0 saturated carbocycles. The maximum absolute atomic E-state index is 11.6. The number of carbonyl (C=O) groups is 1. The normalized spacial score (nSPS) is 12.3.